The smallest absolute Gasteiger partial charge is 0.337 e. The van der Waals surface area contributed by atoms with Crippen molar-refractivity contribution in [1.29, 1.82) is 0 Å². The van der Waals surface area contributed by atoms with Crippen LogP contribution in [0.25, 0.3) is 6.08 Å². The number of rotatable bonds is 3. The fourth-order valence-electron chi connectivity index (χ4n) is 1.69. The minimum atomic E-state index is -0.401. The molecule has 1 aromatic carbocycles. The molecule has 1 aromatic rings. The third-order valence-corrected chi connectivity index (χ3v) is 2.77. The van der Waals surface area contributed by atoms with E-state index in [1.165, 1.54) is 25.3 Å². The van der Waals surface area contributed by atoms with Crippen LogP contribution in [-0.2, 0) is 14.3 Å². The standard InChI is InChI=1S/C16H12O4/c1-20-16(19)12-5-2-11(3-6-12)4-7-13-10-14(17)8-9-15(13)18/h2-10H,1H3/b7-4+. The van der Waals surface area contributed by atoms with Gasteiger partial charge in [0.1, 0.15) is 0 Å². The molecule has 0 bridgehead atoms. The second kappa shape index (κ2) is 5.93. The number of methoxy groups -OCH3 is 1. The van der Waals surface area contributed by atoms with Crippen molar-refractivity contribution in [3.05, 3.63) is 65.3 Å². The molecule has 100 valence electrons. The zero-order valence-corrected chi connectivity index (χ0v) is 10.8. The van der Waals surface area contributed by atoms with Crippen molar-refractivity contribution < 1.29 is 19.1 Å². The Labute approximate surface area is 116 Å². The van der Waals surface area contributed by atoms with Gasteiger partial charge in [0.15, 0.2) is 11.6 Å². The van der Waals surface area contributed by atoms with Crippen LogP contribution in [0.1, 0.15) is 15.9 Å². The summed E-state index contributed by atoms with van der Waals surface area (Å²) in [6, 6.07) is 6.73. The van der Waals surface area contributed by atoms with Crippen molar-refractivity contribution in [3.8, 4) is 0 Å². The molecule has 0 saturated heterocycles. The summed E-state index contributed by atoms with van der Waals surface area (Å²) in [7, 11) is 1.32. The van der Waals surface area contributed by atoms with Gasteiger partial charge in [0.25, 0.3) is 0 Å². The van der Waals surface area contributed by atoms with Gasteiger partial charge in [-0.05, 0) is 35.9 Å². The molecule has 0 aromatic heterocycles. The third-order valence-electron chi connectivity index (χ3n) is 2.77. The lowest BCUT2D eigenvalue weighted by Gasteiger charge is -2.02. The molecule has 0 atom stereocenters. The van der Waals surface area contributed by atoms with Crippen LogP contribution in [0.5, 0.6) is 0 Å². The number of hydrogen-bond donors (Lipinski definition) is 0. The molecule has 0 heterocycles. The summed E-state index contributed by atoms with van der Waals surface area (Å²) >= 11 is 0. The van der Waals surface area contributed by atoms with Gasteiger partial charge in [-0.25, -0.2) is 4.79 Å². The number of esters is 1. The zero-order chi connectivity index (χ0) is 14.5. The average Bonchev–Trinajstić information content (AvgIpc) is 2.48. The van der Waals surface area contributed by atoms with Crippen LogP contribution in [-0.4, -0.2) is 24.6 Å². The van der Waals surface area contributed by atoms with Crippen LogP contribution in [0.4, 0.5) is 0 Å². The second-order valence-electron chi connectivity index (χ2n) is 4.15. The van der Waals surface area contributed by atoms with Crippen LogP contribution in [0, 0.1) is 0 Å². The molecular weight excluding hydrogens is 256 g/mol. The van der Waals surface area contributed by atoms with E-state index >= 15 is 0 Å². The first-order chi connectivity index (χ1) is 9.60. The maximum absolute atomic E-state index is 11.5. The Morgan fingerprint density at radius 1 is 1.05 bits per heavy atom. The monoisotopic (exact) mass is 268 g/mol. The summed E-state index contributed by atoms with van der Waals surface area (Å²) < 4.78 is 4.60. The lowest BCUT2D eigenvalue weighted by molar-refractivity contribution is -0.114. The van der Waals surface area contributed by atoms with E-state index in [1.54, 1.807) is 36.4 Å². The Kier molecular flexibility index (Phi) is 4.05. The van der Waals surface area contributed by atoms with Crippen molar-refractivity contribution in [3.63, 3.8) is 0 Å². The van der Waals surface area contributed by atoms with Crippen LogP contribution in [0.2, 0.25) is 0 Å². The molecule has 0 unspecified atom stereocenters. The zero-order valence-electron chi connectivity index (χ0n) is 10.8. The van der Waals surface area contributed by atoms with E-state index in [4.69, 9.17) is 0 Å². The largest absolute Gasteiger partial charge is 0.465 e. The predicted molar refractivity (Wildman–Crippen MR) is 74.1 cm³/mol. The van der Waals surface area contributed by atoms with E-state index in [2.05, 4.69) is 4.74 Å². The van der Waals surface area contributed by atoms with Crippen molar-refractivity contribution in [2.75, 3.05) is 7.11 Å². The van der Waals surface area contributed by atoms with Gasteiger partial charge in [0.05, 0.1) is 12.7 Å². The molecule has 0 amide bonds. The molecule has 1 aliphatic carbocycles. The molecule has 0 spiro atoms. The molecular formula is C16H12O4. The second-order valence-corrected chi connectivity index (χ2v) is 4.15. The van der Waals surface area contributed by atoms with E-state index in [-0.39, 0.29) is 11.6 Å². The Morgan fingerprint density at radius 2 is 1.75 bits per heavy atom. The number of ether oxygens (including phenoxy) is 1. The molecule has 20 heavy (non-hydrogen) atoms. The van der Waals surface area contributed by atoms with Gasteiger partial charge in [-0.1, -0.05) is 24.3 Å². The Morgan fingerprint density at radius 3 is 2.40 bits per heavy atom. The predicted octanol–water partition coefficient (Wildman–Crippen LogP) is 2.12. The maximum atomic E-state index is 11.5. The number of carbonyl (C=O) groups excluding carboxylic acids is 3. The number of benzene rings is 1. The van der Waals surface area contributed by atoms with E-state index in [0.29, 0.717) is 11.1 Å². The molecule has 0 N–H and O–H groups in total. The van der Waals surface area contributed by atoms with Crippen molar-refractivity contribution in [2.24, 2.45) is 0 Å². The first kappa shape index (κ1) is 13.7. The van der Waals surface area contributed by atoms with Gasteiger partial charge < -0.3 is 4.74 Å². The topological polar surface area (TPSA) is 60.4 Å². The van der Waals surface area contributed by atoms with Crippen molar-refractivity contribution >= 4 is 23.6 Å². The SMILES string of the molecule is COC(=O)c1ccc(/C=C/C2=CC(=O)C=CC2=O)cc1. The molecule has 0 saturated carbocycles. The minimum Gasteiger partial charge on any atom is -0.465 e. The fraction of sp³-hybridized carbons (Fsp3) is 0.0625. The molecule has 0 aliphatic heterocycles. The van der Waals surface area contributed by atoms with Crippen LogP contribution in [0.15, 0.2) is 54.1 Å². The summed E-state index contributed by atoms with van der Waals surface area (Å²) in [4.78, 5) is 34.0. The highest BCUT2D eigenvalue weighted by molar-refractivity contribution is 6.18. The van der Waals surface area contributed by atoms with Crippen molar-refractivity contribution in [1.82, 2.24) is 0 Å². The Balaban J connectivity index is 2.14. The molecule has 0 radical (unpaired) electrons. The van der Waals surface area contributed by atoms with Crippen molar-refractivity contribution in [2.45, 2.75) is 0 Å². The molecule has 2 rings (SSSR count). The maximum Gasteiger partial charge on any atom is 0.337 e. The number of ketones is 2. The molecule has 1 aliphatic rings. The first-order valence-electron chi connectivity index (χ1n) is 5.94. The van der Waals surface area contributed by atoms with E-state index in [1.807, 2.05) is 0 Å². The van der Waals surface area contributed by atoms with Gasteiger partial charge >= 0.3 is 5.97 Å². The summed E-state index contributed by atoms with van der Waals surface area (Å²) in [6.07, 6.45) is 7.07. The highest BCUT2D eigenvalue weighted by atomic mass is 16.5. The Hall–Kier alpha value is -2.75. The fourth-order valence-corrected chi connectivity index (χ4v) is 1.69. The Bertz CT molecular complexity index is 646. The number of carbonyl (C=O) groups is 3. The number of hydrogen-bond acceptors (Lipinski definition) is 4. The molecule has 4 nitrogen and oxygen atoms in total. The summed E-state index contributed by atoms with van der Waals surface area (Å²) in [5, 5.41) is 0. The van der Waals surface area contributed by atoms with Crippen LogP contribution in [0.3, 0.4) is 0 Å². The first-order valence-corrected chi connectivity index (χ1v) is 5.94. The van der Waals surface area contributed by atoms with Crippen LogP contribution >= 0.6 is 0 Å². The number of allylic oxidation sites excluding steroid dienone is 5. The lowest BCUT2D eigenvalue weighted by Crippen LogP contribution is -2.05. The average molecular weight is 268 g/mol. The highest BCUT2D eigenvalue weighted by Crippen LogP contribution is 2.12. The van der Waals surface area contributed by atoms with Gasteiger partial charge in [0, 0.05) is 5.57 Å². The normalized spacial score (nSPS) is 14.6. The third kappa shape index (κ3) is 3.17. The van der Waals surface area contributed by atoms with Gasteiger partial charge in [-0.2, -0.15) is 0 Å². The van der Waals surface area contributed by atoms with Crippen LogP contribution < -0.4 is 0 Å². The molecule has 4 heteroatoms. The van der Waals surface area contributed by atoms with E-state index < -0.39 is 5.97 Å². The summed E-state index contributed by atoms with van der Waals surface area (Å²) in [5.41, 5.74) is 1.61. The van der Waals surface area contributed by atoms with E-state index in [0.717, 1.165) is 5.56 Å². The summed E-state index contributed by atoms with van der Waals surface area (Å²) in [6.45, 7) is 0. The van der Waals surface area contributed by atoms with Gasteiger partial charge in [0.2, 0.25) is 0 Å². The van der Waals surface area contributed by atoms with Gasteiger partial charge in [-0.3, -0.25) is 9.59 Å². The lowest BCUT2D eigenvalue weighted by atomic mass is 10.0. The quantitative estimate of drug-likeness (QED) is 0.622. The summed E-state index contributed by atoms with van der Waals surface area (Å²) in [5.74, 6) is -0.807. The van der Waals surface area contributed by atoms with E-state index in [9.17, 15) is 14.4 Å². The minimum absolute atomic E-state index is 0.202. The van der Waals surface area contributed by atoms with Gasteiger partial charge in [-0.15, -0.1) is 0 Å². The molecule has 0 fully saturated rings. The highest BCUT2D eigenvalue weighted by Gasteiger charge is 2.10.